The third-order valence-corrected chi connectivity index (χ3v) is 3.16. The lowest BCUT2D eigenvalue weighted by Crippen LogP contribution is -2.26. The van der Waals surface area contributed by atoms with E-state index in [0.29, 0.717) is 12.1 Å². The highest BCUT2D eigenvalue weighted by molar-refractivity contribution is 5.95. The molecule has 0 saturated carbocycles. The second-order valence-corrected chi connectivity index (χ2v) is 4.76. The lowest BCUT2D eigenvalue weighted by atomic mass is 10.1. The van der Waals surface area contributed by atoms with Gasteiger partial charge in [-0.3, -0.25) is 9.48 Å². The first kappa shape index (κ1) is 17.0. The van der Waals surface area contributed by atoms with Crippen LogP contribution in [0, 0.1) is 0 Å². The van der Waals surface area contributed by atoms with Crippen molar-refractivity contribution in [1.82, 2.24) is 15.1 Å². The Bertz CT molecular complexity index is 592. The molecule has 1 heterocycles. The number of anilines is 1. The SMILES string of the molecule is CCc1nn(C)cc1C(=O)NCCc1ccc(N)cc1.Cl. The molecule has 0 radical (unpaired) electrons. The third-order valence-electron chi connectivity index (χ3n) is 3.16. The highest BCUT2D eigenvalue weighted by atomic mass is 35.5. The van der Waals surface area contributed by atoms with Gasteiger partial charge in [-0.15, -0.1) is 12.4 Å². The molecule has 1 aromatic heterocycles. The van der Waals surface area contributed by atoms with Gasteiger partial charge in [-0.1, -0.05) is 19.1 Å². The molecule has 0 aliphatic carbocycles. The molecule has 6 heteroatoms. The number of carbonyl (C=O) groups excluding carboxylic acids is 1. The number of nitrogens with two attached hydrogens (primary N) is 1. The molecular weight excluding hydrogens is 288 g/mol. The fourth-order valence-electron chi connectivity index (χ4n) is 2.09. The highest BCUT2D eigenvalue weighted by Gasteiger charge is 2.13. The maximum atomic E-state index is 12.1. The molecule has 2 rings (SSSR count). The summed E-state index contributed by atoms with van der Waals surface area (Å²) in [7, 11) is 1.82. The lowest BCUT2D eigenvalue weighted by molar-refractivity contribution is 0.0953. The van der Waals surface area contributed by atoms with E-state index in [2.05, 4.69) is 10.4 Å². The Kier molecular flexibility index (Phi) is 6.24. The smallest absolute Gasteiger partial charge is 0.254 e. The van der Waals surface area contributed by atoms with Crippen molar-refractivity contribution in [2.75, 3.05) is 12.3 Å². The monoisotopic (exact) mass is 308 g/mol. The van der Waals surface area contributed by atoms with Crippen molar-refractivity contribution in [3.05, 3.63) is 47.3 Å². The molecule has 0 bridgehead atoms. The number of nitrogens with zero attached hydrogens (tertiary/aromatic N) is 2. The normalized spacial score (nSPS) is 10.0. The van der Waals surface area contributed by atoms with Gasteiger partial charge >= 0.3 is 0 Å². The van der Waals surface area contributed by atoms with Crippen LogP contribution in [0.3, 0.4) is 0 Å². The fraction of sp³-hybridized carbons (Fsp3) is 0.333. The Morgan fingerprint density at radius 2 is 2.00 bits per heavy atom. The molecule has 0 unspecified atom stereocenters. The van der Waals surface area contributed by atoms with Crippen LogP contribution in [0.15, 0.2) is 30.5 Å². The summed E-state index contributed by atoms with van der Waals surface area (Å²) in [6.45, 7) is 2.59. The van der Waals surface area contributed by atoms with Gasteiger partial charge in [-0.2, -0.15) is 5.10 Å². The summed E-state index contributed by atoms with van der Waals surface area (Å²) < 4.78 is 1.67. The van der Waals surface area contributed by atoms with Crippen LogP contribution >= 0.6 is 12.4 Å². The van der Waals surface area contributed by atoms with E-state index < -0.39 is 0 Å². The summed E-state index contributed by atoms with van der Waals surface area (Å²) in [5.41, 5.74) is 9.03. The minimum absolute atomic E-state index is 0. The molecule has 0 saturated heterocycles. The van der Waals surface area contributed by atoms with E-state index >= 15 is 0 Å². The molecule has 114 valence electrons. The van der Waals surface area contributed by atoms with Crippen molar-refractivity contribution >= 4 is 24.0 Å². The maximum Gasteiger partial charge on any atom is 0.254 e. The van der Waals surface area contributed by atoms with Crippen molar-refractivity contribution in [2.24, 2.45) is 7.05 Å². The number of rotatable bonds is 5. The van der Waals surface area contributed by atoms with Crippen molar-refractivity contribution < 1.29 is 4.79 Å². The van der Waals surface area contributed by atoms with E-state index in [1.807, 2.05) is 38.2 Å². The number of hydrogen-bond donors (Lipinski definition) is 2. The largest absolute Gasteiger partial charge is 0.399 e. The first-order chi connectivity index (χ1) is 9.60. The number of aryl methyl sites for hydroxylation is 2. The number of amides is 1. The standard InChI is InChI=1S/C15H20N4O.ClH/c1-3-14-13(10-19(2)18-14)15(20)17-9-8-11-4-6-12(16)7-5-11;/h4-7,10H,3,8-9,16H2,1-2H3,(H,17,20);1H. The Hall–Kier alpha value is -2.01. The van der Waals surface area contributed by atoms with Crippen molar-refractivity contribution in [1.29, 1.82) is 0 Å². The number of halogens is 1. The summed E-state index contributed by atoms with van der Waals surface area (Å²) in [5, 5.41) is 7.19. The van der Waals surface area contributed by atoms with Crippen molar-refractivity contribution in [3.8, 4) is 0 Å². The molecule has 0 spiro atoms. The lowest BCUT2D eigenvalue weighted by Gasteiger charge is -2.05. The van der Waals surface area contributed by atoms with Crippen LogP contribution in [0.25, 0.3) is 0 Å². The summed E-state index contributed by atoms with van der Waals surface area (Å²) in [4.78, 5) is 12.1. The molecule has 3 N–H and O–H groups in total. The molecule has 21 heavy (non-hydrogen) atoms. The van der Waals surface area contributed by atoms with E-state index in [4.69, 9.17) is 5.73 Å². The Balaban J connectivity index is 0.00000220. The van der Waals surface area contributed by atoms with E-state index in [1.54, 1.807) is 10.9 Å². The van der Waals surface area contributed by atoms with E-state index in [-0.39, 0.29) is 18.3 Å². The Morgan fingerprint density at radius 3 is 2.62 bits per heavy atom. The maximum absolute atomic E-state index is 12.1. The molecule has 1 amide bonds. The van der Waals surface area contributed by atoms with Crippen LogP contribution in [0.4, 0.5) is 5.69 Å². The molecule has 0 atom stereocenters. The van der Waals surface area contributed by atoms with Crippen LogP contribution in [-0.2, 0) is 19.9 Å². The first-order valence-electron chi connectivity index (χ1n) is 6.75. The molecule has 0 aliphatic rings. The summed E-state index contributed by atoms with van der Waals surface area (Å²) in [6, 6.07) is 7.69. The number of hydrogen-bond acceptors (Lipinski definition) is 3. The molecule has 0 aliphatic heterocycles. The van der Waals surface area contributed by atoms with Gasteiger partial charge in [0.25, 0.3) is 5.91 Å². The second kappa shape index (κ2) is 7.69. The summed E-state index contributed by atoms with van der Waals surface area (Å²) in [6.07, 6.45) is 3.30. The zero-order chi connectivity index (χ0) is 14.5. The van der Waals surface area contributed by atoms with Gasteiger partial charge in [-0.05, 0) is 30.5 Å². The topological polar surface area (TPSA) is 72.9 Å². The van der Waals surface area contributed by atoms with Gasteiger partial charge < -0.3 is 11.1 Å². The Morgan fingerprint density at radius 1 is 1.33 bits per heavy atom. The van der Waals surface area contributed by atoms with Gasteiger partial charge in [0.2, 0.25) is 0 Å². The average molecular weight is 309 g/mol. The van der Waals surface area contributed by atoms with Gasteiger partial charge in [0.1, 0.15) is 0 Å². The third kappa shape index (κ3) is 4.49. The zero-order valence-electron chi connectivity index (χ0n) is 12.3. The van der Waals surface area contributed by atoms with Gasteiger partial charge in [-0.25, -0.2) is 0 Å². The molecular formula is C15H21ClN4O. The van der Waals surface area contributed by atoms with Crippen molar-refractivity contribution in [2.45, 2.75) is 19.8 Å². The molecule has 5 nitrogen and oxygen atoms in total. The van der Waals surface area contributed by atoms with E-state index in [1.165, 1.54) is 0 Å². The van der Waals surface area contributed by atoms with Gasteiger partial charge in [0, 0.05) is 25.5 Å². The van der Waals surface area contributed by atoms with Crippen LogP contribution < -0.4 is 11.1 Å². The minimum atomic E-state index is -0.0644. The highest BCUT2D eigenvalue weighted by Crippen LogP contribution is 2.08. The number of nitrogens with one attached hydrogen (secondary N) is 1. The molecule has 2 aromatic rings. The zero-order valence-corrected chi connectivity index (χ0v) is 13.1. The second-order valence-electron chi connectivity index (χ2n) is 4.76. The summed E-state index contributed by atoms with van der Waals surface area (Å²) >= 11 is 0. The summed E-state index contributed by atoms with van der Waals surface area (Å²) in [5.74, 6) is -0.0644. The molecule has 0 fully saturated rings. The van der Waals surface area contributed by atoms with E-state index in [0.717, 1.165) is 29.8 Å². The van der Waals surface area contributed by atoms with Crippen LogP contribution in [-0.4, -0.2) is 22.2 Å². The van der Waals surface area contributed by atoms with Crippen LogP contribution in [0.2, 0.25) is 0 Å². The van der Waals surface area contributed by atoms with Crippen LogP contribution in [0.1, 0.15) is 28.5 Å². The quantitative estimate of drug-likeness (QED) is 0.829. The number of nitrogen functional groups attached to an aromatic ring is 1. The predicted octanol–water partition coefficient (Wildman–Crippen LogP) is 1.96. The van der Waals surface area contributed by atoms with Gasteiger partial charge in [0.05, 0.1) is 11.3 Å². The first-order valence-corrected chi connectivity index (χ1v) is 6.75. The number of benzene rings is 1. The van der Waals surface area contributed by atoms with Gasteiger partial charge in [0.15, 0.2) is 0 Å². The van der Waals surface area contributed by atoms with E-state index in [9.17, 15) is 4.79 Å². The number of carbonyl (C=O) groups is 1. The Labute approximate surface area is 130 Å². The average Bonchev–Trinajstić information content (AvgIpc) is 2.82. The fourth-order valence-corrected chi connectivity index (χ4v) is 2.09. The van der Waals surface area contributed by atoms with Crippen LogP contribution in [0.5, 0.6) is 0 Å². The predicted molar refractivity (Wildman–Crippen MR) is 86.7 cm³/mol. The molecule has 1 aromatic carbocycles. The van der Waals surface area contributed by atoms with Crippen molar-refractivity contribution in [3.63, 3.8) is 0 Å². The number of aromatic nitrogens is 2. The minimum Gasteiger partial charge on any atom is -0.399 e.